The molecule has 12 heteroatoms. The average Bonchev–Trinajstić information content (AvgIpc) is 3.11. The van der Waals surface area contributed by atoms with Crippen molar-refractivity contribution in [1.82, 2.24) is 20.0 Å². The number of benzene rings is 2. The first-order chi connectivity index (χ1) is 16.7. The van der Waals surface area contributed by atoms with Crippen molar-refractivity contribution in [2.24, 2.45) is 7.05 Å². The number of alkyl halides is 3. The van der Waals surface area contributed by atoms with Gasteiger partial charge in [-0.15, -0.1) is 0 Å². The number of hydrogen-bond donors (Lipinski definition) is 2. The summed E-state index contributed by atoms with van der Waals surface area (Å²) >= 11 is -0.176. The van der Waals surface area contributed by atoms with Gasteiger partial charge in [-0.2, -0.15) is 13.2 Å². The Hall–Kier alpha value is -3.77. The van der Waals surface area contributed by atoms with E-state index in [-0.39, 0.29) is 22.4 Å². The van der Waals surface area contributed by atoms with Gasteiger partial charge in [0.2, 0.25) is 5.95 Å². The number of aromatic nitrogens is 3. The lowest BCUT2D eigenvalue weighted by molar-refractivity contribution is -0.0328. The molecule has 0 saturated carbocycles. The quantitative estimate of drug-likeness (QED) is 0.232. The van der Waals surface area contributed by atoms with Gasteiger partial charge in [-0.1, -0.05) is 6.07 Å². The first-order valence-electron chi connectivity index (χ1n) is 10.4. The Morgan fingerprint density at radius 3 is 2.69 bits per heavy atom. The monoisotopic (exact) mass is 503 g/mol. The third kappa shape index (κ3) is 6.22. The van der Waals surface area contributed by atoms with Crippen molar-refractivity contribution >= 4 is 40.3 Å². The van der Waals surface area contributed by atoms with Gasteiger partial charge in [-0.25, -0.2) is 10.5 Å². The van der Waals surface area contributed by atoms with Crippen LogP contribution < -0.4 is 15.5 Å². The van der Waals surface area contributed by atoms with Crippen LogP contribution in [0.1, 0.15) is 17.4 Å². The summed E-state index contributed by atoms with van der Waals surface area (Å²) in [6.07, 6.45) is 1.45. The highest BCUT2D eigenvalue weighted by Crippen LogP contribution is 2.38. The van der Waals surface area contributed by atoms with Crippen LogP contribution in [0.25, 0.3) is 11.0 Å². The minimum Gasteiger partial charge on any atom is -0.457 e. The van der Waals surface area contributed by atoms with E-state index < -0.39 is 11.4 Å². The summed E-state index contributed by atoms with van der Waals surface area (Å²) in [6, 6.07) is 14.4. The highest BCUT2D eigenvalue weighted by atomic mass is 32.2. The minimum atomic E-state index is -4.37. The summed E-state index contributed by atoms with van der Waals surface area (Å²) < 4.78 is 45.7. The van der Waals surface area contributed by atoms with E-state index in [1.807, 2.05) is 6.07 Å². The molecule has 0 spiro atoms. The first kappa shape index (κ1) is 24.4. The molecular weight excluding hydrogens is 483 g/mol. The van der Waals surface area contributed by atoms with Crippen LogP contribution in [0.5, 0.6) is 11.5 Å². The molecule has 0 fully saturated rings. The van der Waals surface area contributed by atoms with E-state index in [2.05, 4.69) is 20.8 Å². The van der Waals surface area contributed by atoms with Crippen LogP contribution in [-0.2, 0) is 11.9 Å². The number of ether oxygens (including phenoxy) is 1. The predicted octanol–water partition coefficient (Wildman–Crippen LogP) is 5.80. The topological polar surface area (TPSA) is 90.3 Å². The van der Waals surface area contributed by atoms with Gasteiger partial charge in [-0.3, -0.25) is 14.6 Å². The molecule has 0 saturated heterocycles. The van der Waals surface area contributed by atoms with E-state index in [0.717, 1.165) is 5.52 Å². The molecule has 2 heterocycles. The van der Waals surface area contributed by atoms with Crippen molar-refractivity contribution in [3.8, 4) is 11.5 Å². The summed E-state index contributed by atoms with van der Waals surface area (Å²) in [4.78, 5) is 25.5. The second-order valence-corrected chi connectivity index (χ2v) is 8.33. The Bertz CT molecular complexity index is 1360. The number of hydrogen-bond acceptors (Lipinski definition) is 7. The van der Waals surface area contributed by atoms with Crippen LogP contribution >= 0.6 is 11.8 Å². The Labute approximate surface area is 202 Å². The zero-order valence-electron chi connectivity index (χ0n) is 18.6. The minimum absolute atomic E-state index is 0.0728. The van der Waals surface area contributed by atoms with Crippen molar-refractivity contribution < 1.29 is 27.5 Å². The smallest absolute Gasteiger partial charge is 0.446 e. The van der Waals surface area contributed by atoms with E-state index in [1.165, 1.54) is 24.4 Å². The summed E-state index contributed by atoms with van der Waals surface area (Å²) in [5, 5.41) is 3.06. The molecule has 0 atom stereocenters. The predicted molar refractivity (Wildman–Crippen MR) is 126 cm³/mol. The molecule has 0 unspecified atom stereocenters. The van der Waals surface area contributed by atoms with Crippen LogP contribution in [-0.4, -0.2) is 32.6 Å². The number of hydroxylamine groups is 1. The highest BCUT2D eigenvalue weighted by molar-refractivity contribution is 8.00. The second kappa shape index (κ2) is 10.2. The van der Waals surface area contributed by atoms with Crippen molar-refractivity contribution in [2.75, 3.05) is 11.9 Å². The zero-order chi connectivity index (χ0) is 25.0. The third-order valence-corrected chi connectivity index (χ3v) is 5.41. The molecule has 0 aliphatic carbocycles. The molecule has 1 amide bonds. The number of amides is 1. The van der Waals surface area contributed by atoms with Gasteiger partial charge in [0.1, 0.15) is 17.2 Å². The number of rotatable bonds is 8. The maximum absolute atomic E-state index is 12.7. The Morgan fingerprint density at radius 1 is 1.11 bits per heavy atom. The molecule has 2 N–H and O–H groups in total. The summed E-state index contributed by atoms with van der Waals surface area (Å²) in [6.45, 7) is 2.06. The van der Waals surface area contributed by atoms with Crippen molar-refractivity contribution in [3.05, 3.63) is 66.5 Å². The molecule has 4 aromatic rings. The van der Waals surface area contributed by atoms with Crippen LogP contribution in [0.4, 0.5) is 24.8 Å². The van der Waals surface area contributed by atoms with E-state index in [4.69, 9.17) is 9.57 Å². The molecule has 0 aliphatic rings. The number of nitrogens with one attached hydrogen (secondary N) is 2. The number of nitrogens with zero attached hydrogens (tertiary/aromatic N) is 3. The lowest BCUT2D eigenvalue weighted by Gasteiger charge is -2.09. The molecular formula is C23H20F3N5O3S. The Balaban J connectivity index is 1.53. The fraction of sp³-hybridized carbons (Fsp3) is 0.174. The van der Waals surface area contributed by atoms with Crippen LogP contribution in [0, 0.1) is 0 Å². The number of thioether (sulfide) groups is 1. The van der Waals surface area contributed by atoms with Crippen LogP contribution in [0.3, 0.4) is 0 Å². The molecule has 0 bridgehead atoms. The van der Waals surface area contributed by atoms with Gasteiger partial charge in [-0.05, 0) is 55.1 Å². The van der Waals surface area contributed by atoms with E-state index in [0.29, 0.717) is 35.3 Å². The highest BCUT2D eigenvalue weighted by Gasteiger charge is 2.29. The molecule has 182 valence electrons. The van der Waals surface area contributed by atoms with Gasteiger partial charge in [0, 0.05) is 36.0 Å². The van der Waals surface area contributed by atoms with Gasteiger partial charge in [0.05, 0.1) is 17.6 Å². The van der Waals surface area contributed by atoms with Crippen molar-refractivity contribution in [1.29, 1.82) is 0 Å². The fourth-order valence-electron chi connectivity index (χ4n) is 3.18. The molecule has 8 nitrogen and oxygen atoms in total. The summed E-state index contributed by atoms with van der Waals surface area (Å²) in [5.41, 5.74) is -0.0920. The van der Waals surface area contributed by atoms with Crippen molar-refractivity contribution in [3.63, 3.8) is 0 Å². The maximum Gasteiger partial charge on any atom is 0.446 e. The van der Waals surface area contributed by atoms with Gasteiger partial charge in [0.25, 0.3) is 5.91 Å². The SMILES string of the molecule is CCONC(=O)c1cc(Oc2ccc3c(c2)nc(Nc2cccc(SC(F)(F)F)c2)n3C)ccn1. The molecule has 35 heavy (non-hydrogen) atoms. The lowest BCUT2D eigenvalue weighted by atomic mass is 10.3. The normalized spacial score (nSPS) is 11.5. The second-order valence-electron chi connectivity index (χ2n) is 7.19. The number of carbonyl (C=O) groups is 1. The summed E-state index contributed by atoms with van der Waals surface area (Å²) in [7, 11) is 1.79. The Kier molecular flexibility index (Phi) is 7.12. The van der Waals surface area contributed by atoms with Crippen LogP contribution in [0.15, 0.2) is 65.7 Å². The first-order valence-corrected chi connectivity index (χ1v) is 11.2. The fourth-order valence-corrected chi connectivity index (χ4v) is 3.78. The largest absolute Gasteiger partial charge is 0.457 e. The number of imidazole rings is 1. The molecule has 2 aromatic heterocycles. The number of carbonyl (C=O) groups excluding carboxylic acids is 1. The van der Waals surface area contributed by atoms with Gasteiger partial charge < -0.3 is 14.6 Å². The van der Waals surface area contributed by atoms with Gasteiger partial charge >= 0.3 is 5.51 Å². The number of fused-ring (bicyclic) bond motifs is 1. The van der Waals surface area contributed by atoms with E-state index >= 15 is 0 Å². The molecule has 2 aromatic carbocycles. The standard InChI is InChI=1S/C23H20F3N5O3S/c1-3-33-30-21(32)19-13-16(9-10-27-19)34-15-7-8-20-18(12-15)29-22(31(20)2)28-14-5-4-6-17(11-14)35-23(24,25)26/h4-13H,3H2,1-2H3,(H,28,29)(H,30,32). The van der Waals surface area contributed by atoms with E-state index in [1.54, 1.807) is 48.9 Å². The number of aryl methyl sites for hydroxylation is 1. The van der Waals surface area contributed by atoms with E-state index in [9.17, 15) is 18.0 Å². The number of anilines is 2. The Morgan fingerprint density at radius 2 is 1.91 bits per heavy atom. The third-order valence-electron chi connectivity index (χ3n) is 4.68. The maximum atomic E-state index is 12.7. The lowest BCUT2D eigenvalue weighted by Crippen LogP contribution is -2.24. The number of halogens is 3. The van der Waals surface area contributed by atoms with Crippen LogP contribution in [0.2, 0.25) is 0 Å². The number of pyridine rings is 1. The molecule has 4 rings (SSSR count). The average molecular weight is 504 g/mol. The van der Waals surface area contributed by atoms with Gasteiger partial charge in [0.15, 0.2) is 0 Å². The zero-order valence-corrected chi connectivity index (χ0v) is 19.4. The summed E-state index contributed by atoms with van der Waals surface area (Å²) in [5.74, 6) is 0.832. The molecule has 0 aliphatic heterocycles. The molecule has 0 radical (unpaired) electrons. The van der Waals surface area contributed by atoms with Crippen molar-refractivity contribution in [2.45, 2.75) is 17.3 Å².